The molecule has 0 aliphatic heterocycles. The lowest BCUT2D eigenvalue weighted by molar-refractivity contribution is 0.511. The molecule has 102 valence electrons. The number of aromatic nitrogens is 1. The van der Waals surface area contributed by atoms with Crippen molar-refractivity contribution >= 4 is 15.7 Å². The van der Waals surface area contributed by atoms with Gasteiger partial charge in [0.1, 0.15) is 5.76 Å². The summed E-state index contributed by atoms with van der Waals surface area (Å²) in [7, 11) is -0.364. The lowest BCUT2D eigenvalue weighted by Gasteiger charge is -2.12. The molecule has 0 radical (unpaired) electrons. The maximum absolute atomic E-state index is 11.9. The van der Waals surface area contributed by atoms with Gasteiger partial charge in [-0.25, -0.2) is 17.7 Å². The normalized spacial score (nSPS) is 11.7. The van der Waals surface area contributed by atoms with Crippen molar-refractivity contribution in [3.05, 3.63) is 42.6 Å². The van der Waals surface area contributed by atoms with E-state index in [1.54, 1.807) is 30.5 Å². The van der Waals surface area contributed by atoms with Gasteiger partial charge in [0.25, 0.3) is 0 Å². The first kappa shape index (κ1) is 13.6. The number of oxazole rings is 1. The van der Waals surface area contributed by atoms with Crippen LogP contribution in [0.5, 0.6) is 0 Å². The van der Waals surface area contributed by atoms with E-state index in [2.05, 4.69) is 10.3 Å². The Balaban J connectivity index is 2.07. The number of hydrogen-bond acceptors (Lipinski definition) is 5. The highest BCUT2D eigenvalue weighted by molar-refractivity contribution is 7.89. The average molecular weight is 281 g/mol. The standard InChI is InChI=1S/C12H15N3O3S/c1-15(2)19(16,17)12-5-3-10(4-6-12)14-8-11-7-13-9-18-11/h3-7,9,14H,8H2,1-2H3. The molecule has 0 unspecified atom stereocenters. The third-order valence-electron chi connectivity index (χ3n) is 2.58. The zero-order valence-electron chi connectivity index (χ0n) is 10.7. The van der Waals surface area contributed by atoms with Crippen LogP contribution in [0.25, 0.3) is 0 Å². The van der Waals surface area contributed by atoms with Gasteiger partial charge in [-0.05, 0) is 24.3 Å². The van der Waals surface area contributed by atoms with Crippen LogP contribution in [0.15, 0.2) is 46.2 Å². The van der Waals surface area contributed by atoms with Gasteiger partial charge in [0.05, 0.1) is 17.6 Å². The Bertz CT molecular complexity index is 619. The van der Waals surface area contributed by atoms with Gasteiger partial charge < -0.3 is 9.73 Å². The van der Waals surface area contributed by atoms with E-state index in [9.17, 15) is 8.42 Å². The molecule has 1 aromatic carbocycles. The van der Waals surface area contributed by atoms with Crippen molar-refractivity contribution in [2.45, 2.75) is 11.4 Å². The van der Waals surface area contributed by atoms with Crippen LogP contribution in [-0.4, -0.2) is 31.8 Å². The van der Waals surface area contributed by atoms with Gasteiger partial charge in [-0.2, -0.15) is 0 Å². The summed E-state index contributed by atoms with van der Waals surface area (Å²) in [6.45, 7) is 0.500. The molecule has 6 nitrogen and oxygen atoms in total. The first-order valence-electron chi connectivity index (χ1n) is 5.64. The van der Waals surface area contributed by atoms with E-state index in [1.165, 1.54) is 24.8 Å². The fourth-order valence-electron chi connectivity index (χ4n) is 1.47. The van der Waals surface area contributed by atoms with Crippen LogP contribution in [0, 0.1) is 0 Å². The topological polar surface area (TPSA) is 75.4 Å². The molecule has 2 rings (SSSR count). The van der Waals surface area contributed by atoms with Crippen LogP contribution < -0.4 is 5.32 Å². The first-order chi connectivity index (χ1) is 9.00. The Kier molecular flexibility index (Phi) is 3.87. The average Bonchev–Trinajstić information content (AvgIpc) is 2.90. The van der Waals surface area contributed by atoms with E-state index >= 15 is 0 Å². The predicted molar refractivity (Wildman–Crippen MR) is 71.1 cm³/mol. The van der Waals surface area contributed by atoms with Crippen molar-refractivity contribution in [3.8, 4) is 0 Å². The minimum atomic E-state index is -3.37. The number of anilines is 1. The summed E-state index contributed by atoms with van der Waals surface area (Å²) < 4.78 is 30.0. The summed E-state index contributed by atoms with van der Waals surface area (Å²) in [5, 5.41) is 3.11. The van der Waals surface area contributed by atoms with Gasteiger partial charge in [-0.1, -0.05) is 0 Å². The minimum Gasteiger partial charge on any atom is -0.447 e. The minimum absolute atomic E-state index is 0.266. The molecule has 1 heterocycles. The van der Waals surface area contributed by atoms with Gasteiger partial charge in [0, 0.05) is 19.8 Å². The molecule has 0 amide bonds. The van der Waals surface area contributed by atoms with E-state index in [0.717, 1.165) is 5.69 Å². The lowest BCUT2D eigenvalue weighted by atomic mass is 10.3. The summed E-state index contributed by atoms with van der Waals surface area (Å²) >= 11 is 0. The van der Waals surface area contributed by atoms with Crippen LogP contribution >= 0.6 is 0 Å². The van der Waals surface area contributed by atoms with Gasteiger partial charge >= 0.3 is 0 Å². The smallest absolute Gasteiger partial charge is 0.242 e. The molecule has 0 atom stereocenters. The fourth-order valence-corrected chi connectivity index (χ4v) is 2.38. The Labute approximate surface area is 112 Å². The highest BCUT2D eigenvalue weighted by Gasteiger charge is 2.16. The summed E-state index contributed by atoms with van der Waals surface area (Å²) in [6.07, 6.45) is 2.99. The molecule has 0 saturated carbocycles. The van der Waals surface area contributed by atoms with Gasteiger partial charge in [0.2, 0.25) is 10.0 Å². The molecule has 1 aromatic heterocycles. The third-order valence-corrected chi connectivity index (χ3v) is 4.41. The summed E-state index contributed by atoms with van der Waals surface area (Å²) in [5.74, 6) is 0.713. The summed E-state index contributed by atoms with van der Waals surface area (Å²) in [5.41, 5.74) is 0.814. The molecular formula is C12H15N3O3S. The molecule has 0 saturated heterocycles. The zero-order chi connectivity index (χ0) is 13.9. The molecule has 0 bridgehead atoms. The second kappa shape index (κ2) is 5.41. The van der Waals surface area contributed by atoms with Crippen LogP contribution in [0.2, 0.25) is 0 Å². The van der Waals surface area contributed by atoms with Crippen molar-refractivity contribution in [2.24, 2.45) is 0 Å². The van der Waals surface area contributed by atoms with E-state index in [0.29, 0.717) is 12.3 Å². The fraction of sp³-hybridized carbons (Fsp3) is 0.250. The van der Waals surface area contributed by atoms with Crippen molar-refractivity contribution in [2.75, 3.05) is 19.4 Å². The number of nitrogens with one attached hydrogen (secondary N) is 1. The van der Waals surface area contributed by atoms with Gasteiger partial charge in [-0.3, -0.25) is 0 Å². The number of sulfonamides is 1. The van der Waals surface area contributed by atoms with Crippen LogP contribution in [-0.2, 0) is 16.6 Å². The van der Waals surface area contributed by atoms with Crippen molar-refractivity contribution < 1.29 is 12.8 Å². The highest BCUT2D eigenvalue weighted by atomic mass is 32.2. The number of rotatable bonds is 5. The van der Waals surface area contributed by atoms with E-state index in [4.69, 9.17) is 4.42 Å². The monoisotopic (exact) mass is 281 g/mol. The van der Waals surface area contributed by atoms with Crippen LogP contribution in [0.1, 0.15) is 5.76 Å². The molecule has 1 N–H and O–H groups in total. The zero-order valence-corrected chi connectivity index (χ0v) is 11.5. The maximum Gasteiger partial charge on any atom is 0.242 e. The number of hydrogen-bond donors (Lipinski definition) is 1. The SMILES string of the molecule is CN(C)S(=O)(=O)c1ccc(NCc2cnco2)cc1. The predicted octanol–water partition coefficient (Wildman–Crippen LogP) is 1.54. The molecule has 7 heteroatoms. The van der Waals surface area contributed by atoms with E-state index in [-0.39, 0.29) is 4.90 Å². The number of nitrogens with zero attached hydrogens (tertiary/aromatic N) is 2. The van der Waals surface area contributed by atoms with Crippen LogP contribution in [0.4, 0.5) is 5.69 Å². The van der Waals surface area contributed by atoms with Gasteiger partial charge in [-0.15, -0.1) is 0 Å². The van der Waals surface area contributed by atoms with Crippen LogP contribution in [0.3, 0.4) is 0 Å². The second-order valence-electron chi connectivity index (χ2n) is 4.13. The molecule has 0 aliphatic rings. The molecule has 19 heavy (non-hydrogen) atoms. The molecule has 0 fully saturated rings. The van der Waals surface area contributed by atoms with Gasteiger partial charge in [0.15, 0.2) is 6.39 Å². The van der Waals surface area contributed by atoms with Crippen molar-refractivity contribution in [3.63, 3.8) is 0 Å². The summed E-state index contributed by atoms with van der Waals surface area (Å²) in [6, 6.07) is 6.57. The first-order valence-corrected chi connectivity index (χ1v) is 7.08. The van der Waals surface area contributed by atoms with E-state index < -0.39 is 10.0 Å². The number of benzene rings is 1. The molecule has 2 aromatic rings. The second-order valence-corrected chi connectivity index (χ2v) is 6.28. The molecule has 0 spiro atoms. The Morgan fingerprint density at radius 3 is 2.47 bits per heavy atom. The maximum atomic E-state index is 11.9. The quantitative estimate of drug-likeness (QED) is 0.899. The Morgan fingerprint density at radius 1 is 1.26 bits per heavy atom. The molecule has 0 aliphatic carbocycles. The Morgan fingerprint density at radius 2 is 1.95 bits per heavy atom. The third kappa shape index (κ3) is 3.12. The van der Waals surface area contributed by atoms with Crippen molar-refractivity contribution in [1.82, 2.24) is 9.29 Å². The lowest BCUT2D eigenvalue weighted by Crippen LogP contribution is -2.22. The van der Waals surface area contributed by atoms with Crippen molar-refractivity contribution in [1.29, 1.82) is 0 Å². The highest BCUT2D eigenvalue weighted by Crippen LogP contribution is 2.17. The summed E-state index contributed by atoms with van der Waals surface area (Å²) in [4.78, 5) is 4.08. The largest absolute Gasteiger partial charge is 0.447 e. The van der Waals surface area contributed by atoms with E-state index in [1.807, 2.05) is 0 Å². The molecular weight excluding hydrogens is 266 g/mol. The Hall–Kier alpha value is -1.86.